The third kappa shape index (κ3) is 4.88. The topological polar surface area (TPSA) is 49.0 Å². The molecule has 118 valence electrons. The van der Waals surface area contributed by atoms with E-state index in [4.69, 9.17) is 18.9 Å². The first kappa shape index (κ1) is 16.1. The Balaban J connectivity index is 1.72. The molecule has 1 heterocycles. The highest BCUT2D eigenvalue weighted by Gasteiger charge is 2.14. The fourth-order valence-electron chi connectivity index (χ4n) is 2.31. The van der Waals surface area contributed by atoms with E-state index in [2.05, 4.69) is 24.4 Å². The van der Waals surface area contributed by atoms with Gasteiger partial charge in [-0.3, -0.25) is 0 Å². The van der Waals surface area contributed by atoms with Crippen LogP contribution in [0.25, 0.3) is 0 Å². The van der Waals surface area contributed by atoms with Crippen LogP contribution >= 0.6 is 0 Å². The van der Waals surface area contributed by atoms with Gasteiger partial charge >= 0.3 is 0 Å². The van der Waals surface area contributed by atoms with Crippen molar-refractivity contribution in [2.24, 2.45) is 0 Å². The summed E-state index contributed by atoms with van der Waals surface area (Å²) in [5.74, 6) is 1.69. The normalized spacial score (nSPS) is 16.0. The van der Waals surface area contributed by atoms with Crippen molar-refractivity contribution < 1.29 is 18.9 Å². The summed E-state index contributed by atoms with van der Waals surface area (Å²) in [6.45, 7) is 3.92. The van der Waals surface area contributed by atoms with E-state index < -0.39 is 0 Å². The highest BCUT2D eigenvalue weighted by Crippen LogP contribution is 2.32. The molecule has 0 amide bonds. The van der Waals surface area contributed by atoms with Crippen LogP contribution < -0.4 is 14.8 Å². The summed E-state index contributed by atoms with van der Waals surface area (Å²) in [6, 6.07) is 6.57. The molecule has 5 heteroatoms. The number of hydrogen-bond donors (Lipinski definition) is 1. The lowest BCUT2D eigenvalue weighted by atomic mass is 10.1. The molecule has 5 nitrogen and oxygen atoms in total. The lowest BCUT2D eigenvalue weighted by Gasteiger charge is -2.19. The molecule has 1 aromatic carbocycles. The van der Waals surface area contributed by atoms with Crippen molar-refractivity contribution in [2.45, 2.75) is 31.9 Å². The highest BCUT2D eigenvalue weighted by molar-refractivity contribution is 5.44. The first-order chi connectivity index (χ1) is 10.2. The van der Waals surface area contributed by atoms with Gasteiger partial charge in [-0.25, -0.2) is 0 Å². The van der Waals surface area contributed by atoms with Crippen molar-refractivity contribution in [1.82, 2.24) is 5.32 Å². The molecule has 2 atom stereocenters. The predicted molar refractivity (Wildman–Crippen MR) is 81.0 cm³/mol. The van der Waals surface area contributed by atoms with Gasteiger partial charge in [0.1, 0.15) is 0 Å². The summed E-state index contributed by atoms with van der Waals surface area (Å²) >= 11 is 0. The van der Waals surface area contributed by atoms with Gasteiger partial charge in [-0.05, 0) is 37.5 Å². The third-order valence-corrected chi connectivity index (χ3v) is 3.68. The number of methoxy groups -OCH3 is 2. The lowest BCUT2D eigenvalue weighted by Crippen LogP contribution is -2.37. The minimum Gasteiger partial charge on any atom is -0.454 e. The van der Waals surface area contributed by atoms with E-state index in [9.17, 15) is 0 Å². The fourth-order valence-corrected chi connectivity index (χ4v) is 2.31. The molecule has 0 aromatic heterocycles. The molecule has 1 aliphatic heterocycles. The van der Waals surface area contributed by atoms with Gasteiger partial charge in [0.25, 0.3) is 0 Å². The van der Waals surface area contributed by atoms with E-state index in [0.717, 1.165) is 30.9 Å². The van der Waals surface area contributed by atoms with Crippen LogP contribution in [0.2, 0.25) is 0 Å². The zero-order valence-electron chi connectivity index (χ0n) is 13.1. The maximum atomic E-state index is 5.40. The highest BCUT2D eigenvalue weighted by atomic mass is 16.7. The Hall–Kier alpha value is -1.30. The molecule has 0 bridgehead atoms. The number of ether oxygens (including phenoxy) is 4. The number of hydrogen-bond acceptors (Lipinski definition) is 5. The molecule has 2 unspecified atom stereocenters. The molecule has 0 radical (unpaired) electrons. The lowest BCUT2D eigenvalue weighted by molar-refractivity contribution is 0.0275. The molecule has 0 spiro atoms. The first-order valence-electron chi connectivity index (χ1n) is 7.36. The fraction of sp³-hybridized carbons (Fsp3) is 0.625. The predicted octanol–water partition coefficient (Wildman–Crippen LogP) is 1.99. The van der Waals surface area contributed by atoms with Crippen LogP contribution in [0.15, 0.2) is 18.2 Å². The van der Waals surface area contributed by atoms with Gasteiger partial charge in [0.05, 0.1) is 12.7 Å². The second kappa shape index (κ2) is 8.22. The van der Waals surface area contributed by atoms with Gasteiger partial charge in [-0.15, -0.1) is 0 Å². The SMILES string of the molecule is COCC(CNC(C)CCc1ccc2c(c1)OCO2)OC. The van der Waals surface area contributed by atoms with E-state index in [-0.39, 0.29) is 6.10 Å². The molecular formula is C16H25NO4. The molecule has 2 rings (SSSR count). The van der Waals surface area contributed by atoms with Gasteiger partial charge in [-0.1, -0.05) is 6.07 Å². The van der Waals surface area contributed by atoms with Crippen LogP contribution in [0.1, 0.15) is 18.9 Å². The monoisotopic (exact) mass is 295 g/mol. The van der Waals surface area contributed by atoms with Crippen LogP contribution in [-0.4, -0.2) is 46.3 Å². The number of rotatable bonds is 9. The van der Waals surface area contributed by atoms with Crippen molar-refractivity contribution in [3.8, 4) is 11.5 Å². The van der Waals surface area contributed by atoms with Crippen LogP contribution in [0, 0.1) is 0 Å². The number of aryl methyl sites for hydroxylation is 1. The quantitative estimate of drug-likeness (QED) is 0.755. The molecule has 0 saturated carbocycles. The van der Waals surface area contributed by atoms with Gasteiger partial charge in [-0.2, -0.15) is 0 Å². The average Bonchev–Trinajstić information content (AvgIpc) is 2.96. The van der Waals surface area contributed by atoms with Crippen LogP contribution in [-0.2, 0) is 15.9 Å². The van der Waals surface area contributed by atoms with Gasteiger partial charge < -0.3 is 24.3 Å². The largest absolute Gasteiger partial charge is 0.454 e. The summed E-state index contributed by atoms with van der Waals surface area (Å²) < 4.78 is 21.2. The summed E-state index contributed by atoms with van der Waals surface area (Å²) in [5.41, 5.74) is 1.27. The second-order valence-electron chi connectivity index (χ2n) is 5.35. The van der Waals surface area contributed by atoms with Crippen molar-refractivity contribution >= 4 is 0 Å². The second-order valence-corrected chi connectivity index (χ2v) is 5.35. The molecule has 0 fully saturated rings. The summed E-state index contributed by atoms with van der Waals surface area (Å²) in [6.07, 6.45) is 2.17. The van der Waals surface area contributed by atoms with E-state index in [1.807, 2.05) is 6.07 Å². The molecule has 21 heavy (non-hydrogen) atoms. The van der Waals surface area contributed by atoms with Crippen LogP contribution in [0.4, 0.5) is 0 Å². The first-order valence-corrected chi connectivity index (χ1v) is 7.36. The smallest absolute Gasteiger partial charge is 0.231 e. The van der Waals surface area contributed by atoms with Gasteiger partial charge in [0.15, 0.2) is 11.5 Å². The summed E-state index contributed by atoms with van der Waals surface area (Å²) in [4.78, 5) is 0. The summed E-state index contributed by atoms with van der Waals surface area (Å²) in [7, 11) is 3.40. The van der Waals surface area contributed by atoms with Crippen molar-refractivity contribution in [2.75, 3.05) is 34.2 Å². The zero-order valence-corrected chi connectivity index (χ0v) is 13.1. The molecule has 0 aliphatic carbocycles. The molecule has 1 aliphatic rings. The van der Waals surface area contributed by atoms with Gasteiger partial charge in [0.2, 0.25) is 6.79 Å². The number of benzene rings is 1. The molecule has 0 saturated heterocycles. The molecule has 1 N–H and O–H groups in total. The van der Waals surface area contributed by atoms with E-state index in [1.54, 1.807) is 14.2 Å². The Morgan fingerprint density at radius 3 is 2.81 bits per heavy atom. The average molecular weight is 295 g/mol. The van der Waals surface area contributed by atoms with Crippen LogP contribution in [0.3, 0.4) is 0 Å². The molecule has 1 aromatic rings. The third-order valence-electron chi connectivity index (χ3n) is 3.68. The molecular weight excluding hydrogens is 270 g/mol. The van der Waals surface area contributed by atoms with Crippen molar-refractivity contribution in [3.05, 3.63) is 23.8 Å². The Labute approximate surface area is 126 Å². The van der Waals surface area contributed by atoms with E-state index >= 15 is 0 Å². The Bertz CT molecular complexity index is 438. The standard InChI is InChI=1S/C16H25NO4/c1-12(17-9-14(19-3)10-18-2)4-5-13-6-7-15-16(8-13)21-11-20-15/h6-8,12,14,17H,4-5,9-11H2,1-3H3. The maximum absolute atomic E-state index is 5.40. The Kier molecular flexibility index (Phi) is 6.29. The van der Waals surface area contributed by atoms with Crippen molar-refractivity contribution in [3.63, 3.8) is 0 Å². The number of nitrogens with one attached hydrogen (secondary N) is 1. The minimum atomic E-state index is 0.1000. The maximum Gasteiger partial charge on any atom is 0.231 e. The van der Waals surface area contributed by atoms with E-state index in [0.29, 0.717) is 19.4 Å². The zero-order chi connectivity index (χ0) is 15.1. The Morgan fingerprint density at radius 1 is 1.24 bits per heavy atom. The van der Waals surface area contributed by atoms with Crippen LogP contribution in [0.5, 0.6) is 11.5 Å². The number of fused-ring (bicyclic) bond motifs is 1. The minimum absolute atomic E-state index is 0.1000. The Morgan fingerprint density at radius 2 is 2.05 bits per heavy atom. The van der Waals surface area contributed by atoms with Gasteiger partial charge in [0, 0.05) is 26.8 Å². The van der Waals surface area contributed by atoms with Crippen molar-refractivity contribution in [1.29, 1.82) is 0 Å². The summed E-state index contributed by atoms with van der Waals surface area (Å²) in [5, 5.41) is 3.48. The van der Waals surface area contributed by atoms with E-state index in [1.165, 1.54) is 5.56 Å².